The molecule has 0 amide bonds. The molecule has 0 saturated carbocycles. The van der Waals surface area contributed by atoms with Gasteiger partial charge in [0.05, 0.1) is 0 Å². The normalized spacial score (nSPS) is 11.7. The minimum atomic E-state index is 0.106. The highest BCUT2D eigenvalue weighted by Crippen LogP contribution is 2.27. The van der Waals surface area contributed by atoms with Crippen LogP contribution in [0.15, 0.2) is 30.5 Å². The van der Waals surface area contributed by atoms with E-state index in [1.165, 1.54) is 4.88 Å². The van der Waals surface area contributed by atoms with Crippen molar-refractivity contribution in [3.8, 4) is 16.3 Å². The van der Waals surface area contributed by atoms with Gasteiger partial charge in [0.25, 0.3) is 0 Å². The first-order valence-electron chi connectivity index (χ1n) is 5.93. The van der Waals surface area contributed by atoms with Crippen LogP contribution in [0.1, 0.15) is 25.6 Å². The van der Waals surface area contributed by atoms with E-state index in [1.54, 1.807) is 23.5 Å². The number of aromatic hydroxyl groups is 1. The molecule has 2 rings (SSSR count). The van der Waals surface area contributed by atoms with Gasteiger partial charge in [-0.05, 0) is 32.9 Å². The van der Waals surface area contributed by atoms with E-state index in [0.29, 0.717) is 0 Å². The molecule has 0 aliphatic carbocycles. The van der Waals surface area contributed by atoms with E-state index >= 15 is 0 Å². The molecule has 0 bridgehead atoms. The van der Waals surface area contributed by atoms with Crippen LogP contribution in [0.4, 0.5) is 0 Å². The van der Waals surface area contributed by atoms with E-state index in [9.17, 15) is 5.11 Å². The van der Waals surface area contributed by atoms with Crippen molar-refractivity contribution in [1.82, 2.24) is 10.3 Å². The molecule has 1 aromatic heterocycles. The van der Waals surface area contributed by atoms with Gasteiger partial charge in [-0.1, -0.05) is 12.1 Å². The molecule has 0 aliphatic heterocycles. The molecular formula is C14H18N2OS. The lowest BCUT2D eigenvalue weighted by Gasteiger charge is -2.19. The molecule has 18 heavy (non-hydrogen) atoms. The maximum absolute atomic E-state index is 9.46. The molecular weight excluding hydrogens is 244 g/mol. The molecule has 0 fully saturated rings. The lowest BCUT2D eigenvalue weighted by molar-refractivity contribution is 0.426. The monoisotopic (exact) mass is 262 g/mol. The number of phenolic OH excluding ortho intramolecular Hbond substituents is 1. The molecule has 4 heteroatoms. The van der Waals surface area contributed by atoms with Crippen LogP contribution in [0.3, 0.4) is 0 Å². The van der Waals surface area contributed by atoms with Crippen LogP contribution in [-0.2, 0) is 6.54 Å². The van der Waals surface area contributed by atoms with Gasteiger partial charge >= 0.3 is 0 Å². The third-order valence-electron chi connectivity index (χ3n) is 2.44. The zero-order chi connectivity index (χ0) is 13.2. The third-order valence-corrected chi connectivity index (χ3v) is 3.49. The minimum absolute atomic E-state index is 0.106. The fourth-order valence-corrected chi connectivity index (χ4v) is 2.36. The number of hydrogen-bond acceptors (Lipinski definition) is 4. The number of nitrogens with zero attached hydrogens (tertiary/aromatic N) is 1. The number of rotatable bonds is 3. The first-order chi connectivity index (χ1) is 8.44. The van der Waals surface area contributed by atoms with Gasteiger partial charge in [0.1, 0.15) is 10.8 Å². The average Bonchev–Trinajstić information content (AvgIpc) is 2.74. The Balaban J connectivity index is 2.11. The molecule has 0 atom stereocenters. The summed E-state index contributed by atoms with van der Waals surface area (Å²) < 4.78 is 0. The lowest BCUT2D eigenvalue weighted by Crippen LogP contribution is -2.34. The Morgan fingerprint density at radius 1 is 1.33 bits per heavy atom. The Morgan fingerprint density at radius 3 is 2.78 bits per heavy atom. The summed E-state index contributed by atoms with van der Waals surface area (Å²) in [6, 6.07) is 7.19. The Hall–Kier alpha value is -1.39. The van der Waals surface area contributed by atoms with Crippen molar-refractivity contribution in [1.29, 1.82) is 0 Å². The smallest absolute Gasteiger partial charge is 0.123 e. The van der Waals surface area contributed by atoms with E-state index in [1.807, 2.05) is 18.3 Å². The van der Waals surface area contributed by atoms with Crippen molar-refractivity contribution in [2.75, 3.05) is 0 Å². The van der Waals surface area contributed by atoms with Crippen LogP contribution in [0, 0.1) is 0 Å². The van der Waals surface area contributed by atoms with Crippen molar-refractivity contribution in [2.24, 2.45) is 0 Å². The summed E-state index contributed by atoms with van der Waals surface area (Å²) in [4.78, 5) is 5.59. The largest absolute Gasteiger partial charge is 0.508 e. The van der Waals surface area contributed by atoms with Gasteiger partial charge in [0, 0.05) is 28.7 Å². The summed E-state index contributed by atoms with van der Waals surface area (Å²) in [6.45, 7) is 7.25. The van der Waals surface area contributed by atoms with E-state index in [-0.39, 0.29) is 11.3 Å². The molecule has 2 N–H and O–H groups in total. The number of benzene rings is 1. The van der Waals surface area contributed by atoms with Crippen LogP contribution in [0.5, 0.6) is 5.75 Å². The topological polar surface area (TPSA) is 45.2 Å². The first-order valence-corrected chi connectivity index (χ1v) is 6.75. The van der Waals surface area contributed by atoms with Crippen molar-refractivity contribution in [2.45, 2.75) is 32.9 Å². The Morgan fingerprint density at radius 2 is 2.11 bits per heavy atom. The second kappa shape index (κ2) is 5.08. The first kappa shape index (κ1) is 13.1. The van der Waals surface area contributed by atoms with Crippen LogP contribution in [0.2, 0.25) is 0 Å². The van der Waals surface area contributed by atoms with Gasteiger partial charge < -0.3 is 10.4 Å². The number of nitrogens with one attached hydrogen (secondary N) is 1. The third kappa shape index (κ3) is 3.55. The molecule has 0 aliphatic rings. The van der Waals surface area contributed by atoms with Crippen LogP contribution < -0.4 is 5.32 Å². The molecule has 3 nitrogen and oxygen atoms in total. The lowest BCUT2D eigenvalue weighted by atomic mass is 10.1. The van der Waals surface area contributed by atoms with E-state index in [0.717, 1.165) is 17.1 Å². The standard InChI is InChI=1S/C14H18N2OS/c1-14(2,3)16-9-12-8-15-13(18-12)10-5-4-6-11(17)7-10/h4-8,16-17H,9H2,1-3H3. The second-order valence-corrected chi connectivity index (χ2v) is 6.40. The average molecular weight is 262 g/mol. The van der Waals surface area contributed by atoms with Crippen LogP contribution >= 0.6 is 11.3 Å². The quantitative estimate of drug-likeness (QED) is 0.891. The molecule has 0 unspecified atom stereocenters. The maximum Gasteiger partial charge on any atom is 0.123 e. The molecule has 1 heterocycles. The van der Waals surface area contributed by atoms with E-state index < -0.39 is 0 Å². The number of aromatic nitrogens is 1. The fourth-order valence-electron chi connectivity index (χ4n) is 1.51. The predicted molar refractivity (Wildman–Crippen MR) is 75.8 cm³/mol. The zero-order valence-corrected chi connectivity index (χ0v) is 11.7. The van der Waals surface area contributed by atoms with E-state index in [4.69, 9.17) is 0 Å². The van der Waals surface area contributed by atoms with Crippen LogP contribution in [-0.4, -0.2) is 15.6 Å². The summed E-state index contributed by atoms with van der Waals surface area (Å²) in [5, 5.41) is 13.8. The summed E-state index contributed by atoms with van der Waals surface area (Å²) in [5.41, 5.74) is 1.07. The Bertz CT molecular complexity index is 529. The van der Waals surface area contributed by atoms with Gasteiger partial charge in [-0.3, -0.25) is 0 Å². The summed E-state index contributed by atoms with van der Waals surface area (Å²) in [7, 11) is 0. The molecule has 0 saturated heterocycles. The second-order valence-electron chi connectivity index (χ2n) is 5.29. The number of phenols is 1. The van der Waals surface area contributed by atoms with E-state index in [2.05, 4.69) is 31.1 Å². The molecule has 0 spiro atoms. The Kier molecular flexibility index (Phi) is 3.68. The fraction of sp³-hybridized carbons (Fsp3) is 0.357. The zero-order valence-electron chi connectivity index (χ0n) is 10.9. The van der Waals surface area contributed by atoms with Crippen molar-refractivity contribution in [3.63, 3.8) is 0 Å². The van der Waals surface area contributed by atoms with Gasteiger partial charge in [-0.15, -0.1) is 11.3 Å². The minimum Gasteiger partial charge on any atom is -0.508 e. The molecule has 2 aromatic rings. The highest BCUT2D eigenvalue weighted by Gasteiger charge is 2.10. The van der Waals surface area contributed by atoms with Gasteiger partial charge in [-0.2, -0.15) is 0 Å². The SMILES string of the molecule is CC(C)(C)NCc1cnc(-c2cccc(O)c2)s1. The van der Waals surface area contributed by atoms with Crippen molar-refractivity contribution >= 4 is 11.3 Å². The molecule has 0 radical (unpaired) electrons. The number of hydrogen-bond donors (Lipinski definition) is 2. The predicted octanol–water partition coefficient (Wildman–Crippen LogP) is 3.40. The maximum atomic E-state index is 9.46. The van der Waals surface area contributed by atoms with Gasteiger partial charge in [0.2, 0.25) is 0 Å². The molecule has 96 valence electrons. The summed E-state index contributed by atoms with van der Waals surface area (Å²) >= 11 is 1.65. The van der Waals surface area contributed by atoms with Crippen molar-refractivity contribution < 1.29 is 5.11 Å². The Labute approximate surface area is 112 Å². The summed E-state index contributed by atoms with van der Waals surface area (Å²) in [6.07, 6.45) is 1.89. The molecule has 1 aromatic carbocycles. The van der Waals surface area contributed by atoms with Crippen LogP contribution in [0.25, 0.3) is 10.6 Å². The van der Waals surface area contributed by atoms with Gasteiger partial charge in [-0.25, -0.2) is 4.98 Å². The highest BCUT2D eigenvalue weighted by atomic mass is 32.1. The highest BCUT2D eigenvalue weighted by molar-refractivity contribution is 7.15. The summed E-state index contributed by atoms with van der Waals surface area (Å²) in [5.74, 6) is 0.275. The van der Waals surface area contributed by atoms with Gasteiger partial charge in [0.15, 0.2) is 0 Å². The number of thiazole rings is 1. The van der Waals surface area contributed by atoms with Crippen molar-refractivity contribution in [3.05, 3.63) is 35.3 Å².